The van der Waals surface area contributed by atoms with Crippen LogP contribution in [0.1, 0.15) is 0 Å². The predicted molar refractivity (Wildman–Crippen MR) is 18.9 cm³/mol. The average molecular weight is 198 g/mol. The van der Waals surface area contributed by atoms with Crippen molar-refractivity contribution >= 4 is 11.9 Å². The third-order valence-electron chi connectivity index (χ3n) is 0. The van der Waals surface area contributed by atoms with Crippen molar-refractivity contribution in [3.63, 3.8) is 0 Å². The van der Waals surface area contributed by atoms with Crippen LogP contribution < -0.4 is 0 Å². The van der Waals surface area contributed by atoms with Crippen LogP contribution in [0.25, 0.3) is 0 Å². The Balaban J connectivity index is -0.000000000833. The fourth-order valence-corrected chi connectivity index (χ4v) is 0. The molecule has 7 N–H and O–H groups in total. The molecule has 6 heteroatoms. The molecular formula is H7ClO4Zr. The molecule has 0 aromatic heterocycles. The van der Waals surface area contributed by atoms with Crippen LogP contribution in [0.4, 0.5) is 0 Å². The Kier molecular flexibility index (Phi) is 1540. The number of halogens is 1. The van der Waals surface area contributed by atoms with Crippen molar-refractivity contribution in [2.45, 2.75) is 0 Å². The standard InChI is InChI=1S/ClHO.3H2O.Zr/c1-2;;;;/h2H;3*1H2;. The van der Waals surface area contributed by atoms with Gasteiger partial charge in [0, 0.05) is 26.2 Å². The minimum atomic E-state index is 0. The fraction of sp³-hybridized carbons (Fsp3) is 0. The molecule has 42 valence electrons. The topological polar surface area (TPSA) is 115 Å². The Hall–Kier alpha value is 1.01. The van der Waals surface area contributed by atoms with E-state index in [1.54, 1.807) is 0 Å². The van der Waals surface area contributed by atoms with Crippen LogP contribution in [0.15, 0.2) is 0 Å². The number of rotatable bonds is 0. The minimum absolute atomic E-state index is 0. The predicted octanol–water partition coefficient (Wildman–Crippen LogP) is -2.34. The van der Waals surface area contributed by atoms with E-state index < -0.39 is 0 Å². The Labute approximate surface area is 59.3 Å². The SMILES string of the molecule is O.O.O.OCl.[Zr]. The fourth-order valence-electron chi connectivity index (χ4n) is 0. The third-order valence-corrected chi connectivity index (χ3v) is 0. The molecule has 0 aliphatic heterocycles. The smallest absolute Gasteiger partial charge is 0.0579 e. The Morgan fingerprint density at radius 2 is 0.833 bits per heavy atom. The van der Waals surface area contributed by atoms with Crippen molar-refractivity contribution in [1.82, 2.24) is 0 Å². The van der Waals surface area contributed by atoms with Gasteiger partial charge in [0.25, 0.3) is 0 Å². The van der Waals surface area contributed by atoms with Gasteiger partial charge in [0.15, 0.2) is 0 Å². The summed E-state index contributed by atoms with van der Waals surface area (Å²) in [5.41, 5.74) is 0. The molecule has 4 nitrogen and oxygen atoms in total. The van der Waals surface area contributed by atoms with E-state index in [4.69, 9.17) is 4.66 Å². The Morgan fingerprint density at radius 3 is 0.833 bits per heavy atom. The van der Waals surface area contributed by atoms with Gasteiger partial charge in [-0.2, -0.15) is 0 Å². The monoisotopic (exact) mass is 196 g/mol. The molecule has 0 saturated carbocycles. The Morgan fingerprint density at radius 1 is 0.833 bits per heavy atom. The van der Waals surface area contributed by atoms with Crippen LogP contribution in [-0.4, -0.2) is 21.1 Å². The normalized spacial score (nSPS) is 1.00. The molecule has 0 aromatic rings. The second kappa shape index (κ2) is 147. The molecule has 0 saturated heterocycles. The van der Waals surface area contributed by atoms with Crippen molar-refractivity contribution in [3.05, 3.63) is 0 Å². The summed E-state index contributed by atoms with van der Waals surface area (Å²) in [6.45, 7) is 0. The van der Waals surface area contributed by atoms with E-state index in [-0.39, 0.29) is 42.6 Å². The molecular weight excluding hydrogens is 191 g/mol. The van der Waals surface area contributed by atoms with Gasteiger partial charge in [-0.05, 0) is 0 Å². The van der Waals surface area contributed by atoms with Crippen molar-refractivity contribution in [3.8, 4) is 0 Å². The van der Waals surface area contributed by atoms with Crippen molar-refractivity contribution in [2.75, 3.05) is 0 Å². The summed E-state index contributed by atoms with van der Waals surface area (Å²) in [5, 5.41) is 0. The zero-order valence-corrected chi connectivity index (χ0v) is 6.04. The van der Waals surface area contributed by atoms with Crippen LogP contribution in [0.3, 0.4) is 0 Å². The second-order valence-electron chi connectivity index (χ2n) is 0. The van der Waals surface area contributed by atoms with E-state index in [0.717, 1.165) is 0 Å². The summed E-state index contributed by atoms with van der Waals surface area (Å²) in [5.74, 6) is 0. The summed E-state index contributed by atoms with van der Waals surface area (Å²) in [6, 6.07) is 0. The van der Waals surface area contributed by atoms with Gasteiger partial charge in [0.05, 0.1) is 11.9 Å². The molecule has 0 aliphatic rings. The summed E-state index contributed by atoms with van der Waals surface area (Å²) in [7, 11) is 0. The van der Waals surface area contributed by atoms with E-state index in [0.29, 0.717) is 0 Å². The van der Waals surface area contributed by atoms with Gasteiger partial charge in [-0.3, -0.25) is 4.66 Å². The summed E-state index contributed by atoms with van der Waals surface area (Å²) < 4.78 is 6.47. The molecule has 0 unspecified atom stereocenters. The molecule has 0 fully saturated rings. The number of hydrogen-bond acceptors (Lipinski definition) is 1. The van der Waals surface area contributed by atoms with E-state index in [1.165, 1.54) is 0 Å². The summed E-state index contributed by atoms with van der Waals surface area (Å²) in [4.78, 5) is 0. The average Bonchev–Trinajstić information content (AvgIpc) is 1.00. The molecule has 0 heterocycles. The van der Waals surface area contributed by atoms with Crippen LogP contribution in [0, 0.1) is 0 Å². The maximum absolute atomic E-state index is 6.47. The van der Waals surface area contributed by atoms with E-state index >= 15 is 0 Å². The van der Waals surface area contributed by atoms with Crippen molar-refractivity contribution in [2.24, 2.45) is 0 Å². The first-order valence-electron chi connectivity index (χ1n) is 0.169. The molecule has 0 aliphatic carbocycles. The van der Waals surface area contributed by atoms with Crippen molar-refractivity contribution < 1.29 is 47.3 Å². The van der Waals surface area contributed by atoms with Gasteiger partial charge >= 0.3 is 0 Å². The van der Waals surface area contributed by atoms with Gasteiger partial charge in [0.2, 0.25) is 0 Å². The van der Waals surface area contributed by atoms with Gasteiger partial charge in [-0.1, -0.05) is 0 Å². The molecule has 0 amide bonds. The Bertz CT molecular complexity index is 7.51. The number of hydrogen-bond donors (Lipinski definition) is 1. The molecule has 0 radical (unpaired) electrons. The quantitative estimate of drug-likeness (QED) is 0.461. The van der Waals surface area contributed by atoms with E-state index in [1.807, 2.05) is 0 Å². The maximum Gasteiger partial charge on any atom is 0.0579 e. The van der Waals surface area contributed by atoms with Crippen LogP contribution >= 0.6 is 11.9 Å². The molecule has 0 aromatic carbocycles. The van der Waals surface area contributed by atoms with Gasteiger partial charge < -0.3 is 16.4 Å². The molecule has 0 spiro atoms. The van der Waals surface area contributed by atoms with Crippen LogP contribution in [0.5, 0.6) is 0 Å². The minimum Gasteiger partial charge on any atom is -0.412 e. The van der Waals surface area contributed by atoms with Crippen LogP contribution in [-0.2, 0) is 26.2 Å². The molecule has 6 heavy (non-hydrogen) atoms. The van der Waals surface area contributed by atoms with Gasteiger partial charge in [0.1, 0.15) is 0 Å². The van der Waals surface area contributed by atoms with Gasteiger partial charge in [-0.25, -0.2) is 0 Å². The third kappa shape index (κ3) is 78.7. The molecule has 0 bridgehead atoms. The van der Waals surface area contributed by atoms with E-state index in [9.17, 15) is 0 Å². The molecule has 0 rings (SSSR count). The zero-order chi connectivity index (χ0) is 2.00. The first kappa shape index (κ1) is 62.6. The zero-order valence-electron chi connectivity index (χ0n) is 2.83. The van der Waals surface area contributed by atoms with Crippen molar-refractivity contribution in [1.29, 1.82) is 0 Å². The van der Waals surface area contributed by atoms with E-state index in [2.05, 4.69) is 11.9 Å². The maximum atomic E-state index is 6.47. The molecule has 0 atom stereocenters. The van der Waals surface area contributed by atoms with Gasteiger partial charge in [-0.15, -0.1) is 0 Å². The second-order valence-corrected chi connectivity index (χ2v) is 0. The summed E-state index contributed by atoms with van der Waals surface area (Å²) >= 11 is 3.64. The first-order valence-corrected chi connectivity index (χ1v) is 0.507. The largest absolute Gasteiger partial charge is 0.412 e. The summed E-state index contributed by atoms with van der Waals surface area (Å²) in [6.07, 6.45) is 0. The van der Waals surface area contributed by atoms with Crippen LogP contribution in [0.2, 0.25) is 0 Å². The first-order chi connectivity index (χ1) is 1.00.